The first-order chi connectivity index (χ1) is 15.8. The maximum absolute atomic E-state index is 13.0. The molecule has 1 aliphatic rings. The van der Waals surface area contributed by atoms with Crippen molar-refractivity contribution in [3.8, 4) is 5.75 Å². The van der Waals surface area contributed by atoms with Crippen LogP contribution in [0.1, 0.15) is 39.3 Å². The molecule has 1 fully saturated rings. The molecule has 174 valence electrons. The van der Waals surface area contributed by atoms with Crippen LogP contribution < -0.4 is 14.9 Å². The summed E-state index contributed by atoms with van der Waals surface area (Å²) in [7, 11) is -1.59. The van der Waals surface area contributed by atoms with Gasteiger partial charge in [-0.05, 0) is 36.6 Å². The minimum absolute atomic E-state index is 0.0258. The highest BCUT2D eigenvalue weighted by molar-refractivity contribution is 8.25. The Bertz CT molecular complexity index is 1220. The van der Waals surface area contributed by atoms with E-state index >= 15 is 0 Å². The van der Waals surface area contributed by atoms with E-state index in [1.54, 1.807) is 36.4 Å². The number of anilines is 1. The van der Waals surface area contributed by atoms with Crippen molar-refractivity contribution >= 4 is 39.3 Å². The first kappa shape index (κ1) is 22.8. The predicted molar refractivity (Wildman–Crippen MR) is 127 cm³/mol. The fourth-order valence-electron chi connectivity index (χ4n) is 3.80. The number of amides is 2. The van der Waals surface area contributed by atoms with Crippen LogP contribution in [0, 0.1) is 0 Å². The Kier molecular flexibility index (Phi) is 6.36. The maximum Gasteiger partial charge on any atom is 0.274 e. The number of aromatic nitrogens is 2. The van der Waals surface area contributed by atoms with E-state index in [0.29, 0.717) is 29.5 Å². The smallest absolute Gasteiger partial charge is 0.274 e. The molecule has 1 saturated heterocycles. The molecular weight excluding hydrogens is 446 g/mol. The molecule has 3 aromatic rings. The lowest BCUT2D eigenvalue weighted by molar-refractivity contribution is 0.0934. The van der Waals surface area contributed by atoms with Crippen molar-refractivity contribution in [2.45, 2.75) is 19.4 Å². The Morgan fingerprint density at radius 1 is 1.12 bits per heavy atom. The molecule has 10 nitrogen and oxygen atoms in total. The molecule has 0 atom stereocenters. The molecule has 2 amide bonds. The monoisotopic (exact) mass is 471 g/mol. The average molecular weight is 472 g/mol. The van der Waals surface area contributed by atoms with Crippen molar-refractivity contribution in [3.05, 3.63) is 59.4 Å². The van der Waals surface area contributed by atoms with Crippen LogP contribution >= 0.6 is 10.8 Å². The van der Waals surface area contributed by atoms with Crippen LogP contribution in [0.5, 0.6) is 5.75 Å². The Labute approximate surface area is 192 Å². The van der Waals surface area contributed by atoms with E-state index in [1.807, 2.05) is 0 Å². The molecule has 1 aromatic carbocycles. The minimum Gasteiger partial charge on any atom is -0.504 e. The molecule has 4 rings (SSSR count). The SMILES string of the molecule is CNC(=O)c1ccccc1CNC(=O)c1nc(N2CCCCS2(O)O)c2cccnc2c1O. The van der Waals surface area contributed by atoms with Gasteiger partial charge in [0.15, 0.2) is 17.3 Å². The summed E-state index contributed by atoms with van der Waals surface area (Å²) in [6.45, 7) is 0.378. The standard InChI is InChI=1S/C22H25N5O5S/c1-23-21(29)15-8-3-2-7-14(15)13-25-22(30)18-19(28)17-16(9-6-10-24-17)20(26-18)27-11-4-5-12-33(27,31)32/h2-3,6-10,28,31-32H,4-5,11-13H2,1H3,(H,23,29)(H,25,30). The summed E-state index contributed by atoms with van der Waals surface area (Å²) in [6, 6.07) is 10.2. The molecule has 0 radical (unpaired) electrons. The van der Waals surface area contributed by atoms with Crippen molar-refractivity contribution in [2.24, 2.45) is 0 Å². The van der Waals surface area contributed by atoms with Gasteiger partial charge in [0.2, 0.25) is 0 Å². The number of nitrogens with zero attached hydrogens (tertiary/aromatic N) is 3. The predicted octanol–water partition coefficient (Wildman–Crippen LogP) is 2.89. The van der Waals surface area contributed by atoms with Crippen LogP contribution in [0.3, 0.4) is 0 Å². The fourth-order valence-corrected chi connectivity index (χ4v) is 5.45. The van der Waals surface area contributed by atoms with Gasteiger partial charge in [0.05, 0.1) is 5.75 Å². The van der Waals surface area contributed by atoms with Crippen LogP contribution in [0.4, 0.5) is 5.82 Å². The van der Waals surface area contributed by atoms with E-state index in [0.717, 1.165) is 6.42 Å². The lowest BCUT2D eigenvalue weighted by atomic mass is 10.1. The molecule has 0 spiro atoms. The van der Waals surface area contributed by atoms with Gasteiger partial charge < -0.3 is 15.7 Å². The molecule has 0 bridgehead atoms. The summed E-state index contributed by atoms with van der Waals surface area (Å²) in [5.41, 5.74) is 0.864. The van der Waals surface area contributed by atoms with Crippen molar-refractivity contribution in [3.63, 3.8) is 0 Å². The number of hydrogen-bond acceptors (Lipinski definition) is 8. The molecular formula is C22H25N5O5S. The summed E-state index contributed by atoms with van der Waals surface area (Å²) in [4.78, 5) is 33.7. The average Bonchev–Trinajstić information content (AvgIpc) is 2.83. The second kappa shape index (κ2) is 9.22. The van der Waals surface area contributed by atoms with Crippen LogP contribution in [0.15, 0.2) is 42.6 Å². The van der Waals surface area contributed by atoms with Gasteiger partial charge in [-0.3, -0.25) is 28.0 Å². The molecule has 11 heteroatoms. The van der Waals surface area contributed by atoms with Crippen molar-refractivity contribution in [2.75, 3.05) is 23.7 Å². The number of rotatable bonds is 5. The topological polar surface area (TPSA) is 148 Å². The third kappa shape index (κ3) is 4.42. The Morgan fingerprint density at radius 2 is 1.91 bits per heavy atom. The number of pyridine rings is 2. The van der Waals surface area contributed by atoms with Gasteiger partial charge in [-0.1, -0.05) is 18.2 Å². The van der Waals surface area contributed by atoms with Crippen LogP contribution in [-0.2, 0) is 6.54 Å². The summed E-state index contributed by atoms with van der Waals surface area (Å²) < 4.78 is 22.6. The van der Waals surface area contributed by atoms with Gasteiger partial charge in [-0.15, -0.1) is 10.8 Å². The van der Waals surface area contributed by atoms with E-state index in [2.05, 4.69) is 20.6 Å². The van der Waals surface area contributed by atoms with Gasteiger partial charge in [0, 0.05) is 37.3 Å². The van der Waals surface area contributed by atoms with Gasteiger partial charge in [0.1, 0.15) is 5.52 Å². The van der Waals surface area contributed by atoms with Crippen LogP contribution in [-0.4, -0.2) is 55.3 Å². The van der Waals surface area contributed by atoms with Crippen molar-refractivity contribution < 1.29 is 23.8 Å². The zero-order chi connectivity index (χ0) is 23.6. The van der Waals surface area contributed by atoms with Crippen molar-refractivity contribution in [1.29, 1.82) is 0 Å². The van der Waals surface area contributed by atoms with Gasteiger partial charge >= 0.3 is 0 Å². The molecule has 0 saturated carbocycles. The Morgan fingerprint density at radius 3 is 2.67 bits per heavy atom. The zero-order valence-corrected chi connectivity index (χ0v) is 18.8. The molecule has 3 heterocycles. The normalized spacial score (nSPS) is 16.3. The second-order valence-corrected chi connectivity index (χ2v) is 9.71. The summed E-state index contributed by atoms with van der Waals surface area (Å²) in [5, 5.41) is 16.4. The largest absolute Gasteiger partial charge is 0.504 e. The number of carbonyl (C=O) groups excluding carboxylic acids is 2. The number of hydrogen-bond donors (Lipinski definition) is 5. The zero-order valence-electron chi connectivity index (χ0n) is 18.0. The van der Waals surface area contributed by atoms with E-state index in [9.17, 15) is 23.8 Å². The van der Waals surface area contributed by atoms with Gasteiger partial charge in [0.25, 0.3) is 11.8 Å². The third-order valence-corrected chi connectivity index (χ3v) is 7.37. The van der Waals surface area contributed by atoms with E-state index in [-0.39, 0.29) is 35.2 Å². The highest BCUT2D eigenvalue weighted by atomic mass is 32.3. The van der Waals surface area contributed by atoms with E-state index in [1.165, 1.54) is 17.5 Å². The Hall–Kier alpha value is -3.41. The number of aromatic hydroxyl groups is 1. The molecule has 0 unspecified atom stereocenters. The molecule has 1 aliphatic heterocycles. The lowest BCUT2D eigenvalue weighted by Gasteiger charge is -2.47. The summed E-state index contributed by atoms with van der Waals surface area (Å²) >= 11 is 0. The van der Waals surface area contributed by atoms with Crippen LogP contribution in [0.2, 0.25) is 0 Å². The summed E-state index contributed by atoms with van der Waals surface area (Å²) in [5.74, 6) is -0.976. The third-order valence-electron chi connectivity index (χ3n) is 5.48. The quantitative estimate of drug-likeness (QED) is 0.381. The van der Waals surface area contributed by atoms with E-state index < -0.39 is 22.4 Å². The first-order valence-electron chi connectivity index (χ1n) is 10.4. The van der Waals surface area contributed by atoms with Crippen LogP contribution in [0.25, 0.3) is 10.9 Å². The molecule has 5 N–H and O–H groups in total. The fraction of sp³-hybridized carbons (Fsp3) is 0.273. The highest BCUT2D eigenvalue weighted by Gasteiger charge is 2.31. The van der Waals surface area contributed by atoms with E-state index in [4.69, 9.17) is 0 Å². The number of nitrogens with one attached hydrogen (secondary N) is 2. The lowest BCUT2D eigenvalue weighted by Crippen LogP contribution is -2.35. The number of fused-ring (bicyclic) bond motifs is 1. The molecule has 0 aliphatic carbocycles. The van der Waals surface area contributed by atoms with Gasteiger partial charge in [-0.2, -0.15) is 0 Å². The highest BCUT2D eigenvalue weighted by Crippen LogP contribution is 2.51. The Balaban J connectivity index is 1.71. The molecule has 2 aromatic heterocycles. The maximum atomic E-state index is 13.0. The second-order valence-electron chi connectivity index (χ2n) is 7.60. The van der Waals surface area contributed by atoms with Gasteiger partial charge in [-0.25, -0.2) is 4.98 Å². The van der Waals surface area contributed by atoms with Crippen molar-refractivity contribution in [1.82, 2.24) is 20.6 Å². The summed E-state index contributed by atoms with van der Waals surface area (Å²) in [6.07, 6.45) is 2.88. The first-order valence-corrected chi connectivity index (χ1v) is 12.1. The number of benzene rings is 1. The number of carbonyl (C=O) groups is 2. The minimum atomic E-state index is -3.11. The molecule has 33 heavy (non-hydrogen) atoms.